The fraction of sp³-hybridized carbons (Fsp3) is 0.409. The average Bonchev–Trinajstić information content (AvgIpc) is 2.66. The van der Waals surface area contributed by atoms with Crippen LogP contribution in [0.2, 0.25) is 0 Å². The number of likely N-dealkylation sites (tertiary alicyclic amines) is 1. The number of carbonyl (C=O) groups is 1. The maximum absolute atomic E-state index is 13.0. The Bertz CT molecular complexity index is 750. The molecule has 144 valence electrons. The van der Waals surface area contributed by atoms with Gasteiger partial charge in [-0.05, 0) is 67.8 Å². The molecule has 0 saturated carbocycles. The van der Waals surface area contributed by atoms with Gasteiger partial charge in [0.25, 0.3) is 0 Å². The number of Topliss-reactive ketones (excluding diaryl/α,β-unsaturated/α-hetero) is 1. The summed E-state index contributed by atoms with van der Waals surface area (Å²) in [5.74, 6) is -0.0183. The zero-order valence-electron chi connectivity index (χ0n) is 15.4. The van der Waals surface area contributed by atoms with Crippen molar-refractivity contribution in [3.05, 3.63) is 65.5 Å². The van der Waals surface area contributed by atoms with Gasteiger partial charge in [0, 0.05) is 31.5 Å². The van der Waals surface area contributed by atoms with Gasteiger partial charge in [-0.1, -0.05) is 12.1 Å². The number of hydrogen-bond acceptors (Lipinski definition) is 4. The molecule has 5 heteroatoms. The largest absolute Gasteiger partial charge is 0.508 e. The molecule has 0 unspecified atom stereocenters. The number of nitrogens with zero attached hydrogens (tertiary/aromatic N) is 1. The van der Waals surface area contributed by atoms with Gasteiger partial charge < -0.3 is 15.1 Å². The van der Waals surface area contributed by atoms with Crippen molar-refractivity contribution >= 4 is 5.78 Å². The third-order valence-corrected chi connectivity index (χ3v) is 5.30. The van der Waals surface area contributed by atoms with Crippen LogP contribution in [0.1, 0.15) is 41.6 Å². The van der Waals surface area contributed by atoms with E-state index in [1.54, 1.807) is 24.3 Å². The average molecular weight is 371 g/mol. The van der Waals surface area contributed by atoms with E-state index in [9.17, 15) is 19.4 Å². The lowest BCUT2D eigenvalue weighted by Crippen LogP contribution is -2.45. The Balaban J connectivity index is 1.40. The van der Waals surface area contributed by atoms with E-state index < -0.39 is 5.60 Å². The molecule has 0 amide bonds. The number of piperidine rings is 1. The predicted octanol–water partition coefficient (Wildman–Crippen LogP) is 3.56. The molecule has 0 aromatic heterocycles. The van der Waals surface area contributed by atoms with Gasteiger partial charge in [-0.25, -0.2) is 4.39 Å². The fourth-order valence-electron chi connectivity index (χ4n) is 3.61. The summed E-state index contributed by atoms with van der Waals surface area (Å²) in [6.45, 7) is 2.42. The van der Waals surface area contributed by atoms with E-state index in [2.05, 4.69) is 4.90 Å². The van der Waals surface area contributed by atoms with Crippen LogP contribution in [0.25, 0.3) is 0 Å². The summed E-state index contributed by atoms with van der Waals surface area (Å²) in [7, 11) is 0. The number of carbonyl (C=O) groups excluding carboxylic acids is 1. The van der Waals surface area contributed by atoms with Crippen molar-refractivity contribution in [1.82, 2.24) is 4.90 Å². The fourth-order valence-corrected chi connectivity index (χ4v) is 3.61. The highest BCUT2D eigenvalue weighted by Crippen LogP contribution is 2.26. The highest BCUT2D eigenvalue weighted by molar-refractivity contribution is 5.96. The maximum Gasteiger partial charge on any atom is 0.162 e. The van der Waals surface area contributed by atoms with Gasteiger partial charge >= 0.3 is 0 Å². The van der Waals surface area contributed by atoms with Gasteiger partial charge in [-0.15, -0.1) is 0 Å². The summed E-state index contributed by atoms with van der Waals surface area (Å²) in [5.41, 5.74) is 0.836. The SMILES string of the molecule is O=C(CCCN1CCC(O)(Cc2ccc(F)cc2)CC1)c1ccc(O)cc1. The molecule has 2 N–H and O–H groups in total. The van der Waals surface area contributed by atoms with Crippen molar-refractivity contribution in [2.75, 3.05) is 19.6 Å². The van der Waals surface area contributed by atoms with E-state index in [1.165, 1.54) is 24.3 Å². The van der Waals surface area contributed by atoms with E-state index in [1.807, 2.05) is 0 Å². The number of phenols is 1. The van der Waals surface area contributed by atoms with Crippen LogP contribution in [0, 0.1) is 5.82 Å². The lowest BCUT2D eigenvalue weighted by molar-refractivity contribution is -0.0207. The second kappa shape index (κ2) is 8.63. The van der Waals surface area contributed by atoms with Crippen molar-refractivity contribution in [2.24, 2.45) is 0 Å². The third kappa shape index (κ3) is 5.62. The Hall–Kier alpha value is -2.24. The summed E-state index contributed by atoms with van der Waals surface area (Å²) >= 11 is 0. The van der Waals surface area contributed by atoms with Crippen LogP contribution < -0.4 is 0 Å². The van der Waals surface area contributed by atoms with Crippen LogP contribution in [-0.2, 0) is 6.42 Å². The van der Waals surface area contributed by atoms with Crippen LogP contribution in [-0.4, -0.2) is 46.1 Å². The third-order valence-electron chi connectivity index (χ3n) is 5.30. The number of rotatable bonds is 7. The number of benzene rings is 2. The van der Waals surface area contributed by atoms with Crippen molar-refractivity contribution < 1.29 is 19.4 Å². The van der Waals surface area contributed by atoms with E-state index in [-0.39, 0.29) is 17.3 Å². The molecule has 1 heterocycles. The Morgan fingerprint density at radius 2 is 1.67 bits per heavy atom. The number of hydrogen-bond donors (Lipinski definition) is 2. The van der Waals surface area contributed by atoms with Crippen LogP contribution in [0.5, 0.6) is 5.75 Å². The number of aliphatic hydroxyl groups is 1. The highest BCUT2D eigenvalue weighted by Gasteiger charge is 2.32. The van der Waals surface area contributed by atoms with E-state index >= 15 is 0 Å². The quantitative estimate of drug-likeness (QED) is 0.731. The second-order valence-electron chi connectivity index (χ2n) is 7.44. The van der Waals surface area contributed by atoms with Crippen LogP contribution in [0.4, 0.5) is 4.39 Å². The van der Waals surface area contributed by atoms with Crippen LogP contribution in [0.15, 0.2) is 48.5 Å². The molecular formula is C22H26FNO3. The standard InChI is InChI=1S/C22H26FNO3/c23-19-7-3-17(4-8-19)16-22(27)11-14-24(15-12-22)13-1-2-21(26)18-5-9-20(25)10-6-18/h3-10,25,27H,1-2,11-16H2. The van der Waals surface area contributed by atoms with Gasteiger partial charge in [0.15, 0.2) is 5.78 Å². The molecule has 2 aromatic rings. The number of phenolic OH excluding ortho intramolecular Hbond substituents is 1. The van der Waals surface area contributed by atoms with Crippen molar-refractivity contribution in [3.8, 4) is 5.75 Å². The molecule has 1 saturated heterocycles. The molecule has 0 aliphatic carbocycles. The zero-order chi connectivity index (χ0) is 19.3. The lowest BCUT2D eigenvalue weighted by atomic mass is 9.85. The molecule has 0 radical (unpaired) electrons. The zero-order valence-corrected chi connectivity index (χ0v) is 15.4. The summed E-state index contributed by atoms with van der Waals surface area (Å²) in [6, 6.07) is 12.7. The smallest absolute Gasteiger partial charge is 0.162 e. The van der Waals surface area contributed by atoms with Crippen molar-refractivity contribution in [2.45, 2.75) is 37.7 Å². The topological polar surface area (TPSA) is 60.8 Å². The normalized spacial score (nSPS) is 17.0. The molecular weight excluding hydrogens is 345 g/mol. The Kier molecular flexibility index (Phi) is 6.24. The van der Waals surface area contributed by atoms with E-state index in [0.29, 0.717) is 31.2 Å². The molecule has 2 aromatic carbocycles. The van der Waals surface area contributed by atoms with Gasteiger partial charge in [-0.2, -0.15) is 0 Å². The van der Waals surface area contributed by atoms with Gasteiger partial charge in [0.2, 0.25) is 0 Å². The van der Waals surface area contributed by atoms with Crippen molar-refractivity contribution in [3.63, 3.8) is 0 Å². The first-order valence-corrected chi connectivity index (χ1v) is 9.45. The predicted molar refractivity (Wildman–Crippen MR) is 102 cm³/mol. The minimum absolute atomic E-state index is 0.0832. The Morgan fingerprint density at radius 3 is 2.30 bits per heavy atom. The minimum Gasteiger partial charge on any atom is -0.508 e. The molecule has 1 fully saturated rings. The minimum atomic E-state index is -0.740. The van der Waals surface area contributed by atoms with Gasteiger partial charge in [0.05, 0.1) is 5.60 Å². The molecule has 27 heavy (non-hydrogen) atoms. The summed E-state index contributed by atoms with van der Waals surface area (Å²) < 4.78 is 13.0. The number of ketones is 1. The van der Waals surface area contributed by atoms with E-state index in [0.717, 1.165) is 31.6 Å². The maximum atomic E-state index is 13.0. The molecule has 4 nitrogen and oxygen atoms in total. The van der Waals surface area contributed by atoms with Gasteiger partial charge in [-0.3, -0.25) is 4.79 Å². The molecule has 1 aliphatic heterocycles. The Labute approximate surface area is 159 Å². The van der Waals surface area contributed by atoms with Crippen molar-refractivity contribution in [1.29, 1.82) is 0 Å². The molecule has 0 atom stereocenters. The molecule has 3 rings (SSSR count). The summed E-state index contributed by atoms with van der Waals surface area (Å²) in [4.78, 5) is 14.4. The Morgan fingerprint density at radius 1 is 1.04 bits per heavy atom. The monoisotopic (exact) mass is 371 g/mol. The van der Waals surface area contributed by atoms with Crippen LogP contribution in [0.3, 0.4) is 0 Å². The first-order chi connectivity index (χ1) is 12.9. The van der Waals surface area contributed by atoms with E-state index in [4.69, 9.17) is 0 Å². The summed E-state index contributed by atoms with van der Waals surface area (Å²) in [6.07, 6.45) is 3.14. The molecule has 0 bridgehead atoms. The number of halogens is 1. The number of aromatic hydroxyl groups is 1. The van der Waals surface area contributed by atoms with Crippen LogP contribution >= 0.6 is 0 Å². The lowest BCUT2D eigenvalue weighted by Gasteiger charge is -2.38. The molecule has 0 spiro atoms. The molecule has 1 aliphatic rings. The first-order valence-electron chi connectivity index (χ1n) is 9.45. The summed E-state index contributed by atoms with van der Waals surface area (Å²) in [5, 5.41) is 20.1. The first kappa shape index (κ1) is 19.5. The van der Waals surface area contributed by atoms with Gasteiger partial charge in [0.1, 0.15) is 11.6 Å². The second-order valence-corrected chi connectivity index (χ2v) is 7.44. The highest BCUT2D eigenvalue weighted by atomic mass is 19.1.